The number of aromatic hydroxyl groups is 1. The molecule has 124 valence electrons. The van der Waals surface area contributed by atoms with Crippen LogP contribution in [0.4, 0.5) is 0 Å². The molecule has 0 radical (unpaired) electrons. The number of nitrogens with one attached hydrogen (secondary N) is 2. The number of phenolic OH excluding ortho intramolecular Hbond substituents is 1. The Hall–Kier alpha value is -2.87. The predicted octanol–water partition coefficient (Wildman–Crippen LogP) is 1.97. The predicted molar refractivity (Wildman–Crippen MR) is 91.4 cm³/mol. The highest BCUT2D eigenvalue weighted by atomic mass is 79.9. The van der Waals surface area contributed by atoms with E-state index < -0.39 is 11.8 Å². The van der Waals surface area contributed by atoms with Crippen LogP contribution in [0.25, 0.3) is 0 Å². The molecule has 0 saturated carbocycles. The van der Waals surface area contributed by atoms with Gasteiger partial charge >= 0.3 is 0 Å². The summed E-state index contributed by atoms with van der Waals surface area (Å²) in [6, 6.07) is 13.4. The first-order valence-corrected chi connectivity index (χ1v) is 7.64. The summed E-state index contributed by atoms with van der Waals surface area (Å²) in [4.78, 5) is 28.2. The first kappa shape index (κ1) is 17.5. The number of hydrogen-bond acceptors (Lipinski definition) is 5. The summed E-state index contributed by atoms with van der Waals surface area (Å²) in [5.41, 5.74) is 5.32. The van der Waals surface area contributed by atoms with Gasteiger partial charge in [-0.05, 0) is 40.2 Å². The lowest BCUT2D eigenvalue weighted by atomic mass is 10.2. The Labute approximate surface area is 146 Å². The van der Waals surface area contributed by atoms with Crippen LogP contribution in [0.1, 0.15) is 15.9 Å². The smallest absolute Gasteiger partial charge is 0.279 e. The Kier molecular flexibility index (Phi) is 6.32. The molecule has 0 aromatic heterocycles. The number of hydrazine groups is 1. The second-order valence-electron chi connectivity index (χ2n) is 4.55. The van der Waals surface area contributed by atoms with E-state index in [4.69, 9.17) is 4.84 Å². The summed E-state index contributed by atoms with van der Waals surface area (Å²) in [6.45, 7) is -0.389. The van der Waals surface area contributed by atoms with Gasteiger partial charge in [-0.15, -0.1) is 0 Å². The molecule has 0 bridgehead atoms. The number of nitrogens with zero attached hydrogens (tertiary/aromatic N) is 1. The molecule has 2 rings (SSSR count). The first-order chi connectivity index (χ1) is 11.6. The fourth-order valence-corrected chi connectivity index (χ4v) is 2.13. The van der Waals surface area contributed by atoms with E-state index in [1.165, 1.54) is 12.3 Å². The molecule has 0 spiro atoms. The number of oxime groups is 1. The van der Waals surface area contributed by atoms with Crippen LogP contribution < -0.4 is 10.9 Å². The average molecular weight is 392 g/mol. The van der Waals surface area contributed by atoms with Gasteiger partial charge in [0.15, 0.2) is 6.61 Å². The highest BCUT2D eigenvalue weighted by Gasteiger charge is 2.10. The van der Waals surface area contributed by atoms with Crippen LogP contribution in [0.5, 0.6) is 5.75 Å². The van der Waals surface area contributed by atoms with Crippen LogP contribution in [-0.2, 0) is 9.63 Å². The van der Waals surface area contributed by atoms with Gasteiger partial charge in [-0.2, -0.15) is 0 Å². The highest BCUT2D eigenvalue weighted by molar-refractivity contribution is 9.10. The summed E-state index contributed by atoms with van der Waals surface area (Å²) < 4.78 is 0.611. The number of halogens is 1. The van der Waals surface area contributed by atoms with Crippen LogP contribution in [-0.4, -0.2) is 29.7 Å². The zero-order valence-corrected chi connectivity index (χ0v) is 14.0. The van der Waals surface area contributed by atoms with Crippen molar-refractivity contribution < 1.29 is 19.5 Å². The number of phenols is 1. The molecular formula is C16H14BrN3O4. The summed E-state index contributed by atoms with van der Waals surface area (Å²) in [5.74, 6) is -0.992. The summed E-state index contributed by atoms with van der Waals surface area (Å²) >= 11 is 3.25. The Morgan fingerprint density at radius 2 is 1.83 bits per heavy atom. The lowest BCUT2D eigenvalue weighted by molar-refractivity contribution is -0.126. The molecule has 0 aliphatic rings. The van der Waals surface area contributed by atoms with E-state index in [2.05, 4.69) is 31.9 Å². The lowest BCUT2D eigenvalue weighted by Gasteiger charge is -2.07. The number of hydrogen-bond donors (Lipinski definition) is 3. The third-order valence-electron chi connectivity index (χ3n) is 2.83. The molecule has 0 heterocycles. The van der Waals surface area contributed by atoms with Gasteiger partial charge in [0.25, 0.3) is 11.8 Å². The second-order valence-corrected chi connectivity index (χ2v) is 5.40. The van der Waals surface area contributed by atoms with E-state index >= 15 is 0 Å². The Bertz CT molecular complexity index is 764. The Morgan fingerprint density at radius 1 is 1.12 bits per heavy atom. The Morgan fingerprint density at radius 3 is 2.58 bits per heavy atom. The lowest BCUT2D eigenvalue weighted by Crippen LogP contribution is -2.43. The first-order valence-electron chi connectivity index (χ1n) is 6.85. The molecule has 0 unspecified atom stereocenters. The van der Waals surface area contributed by atoms with Gasteiger partial charge in [-0.25, -0.2) is 0 Å². The molecule has 3 N–H and O–H groups in total. The van der Waals surface area contributed by atoms with Crippen molar-refractivity contribution >= 4 is 34.0 Å². The minimum atomic E-state index is -0.579. The maximum atomic E-state index is 11.9. The number of amides is 2. The van der Waals surface area contributed by atoms with E-state index in [9.17, 15) is 14.7 Å². The van der Waals surface area contributed by atoms with Crippen molar-refractivity contribution in [2.45, 2.75) is 0 Å². The van der Waals surface area contributed by atoms with Crippen molar-refractivity contribution in [3.05, 3.63) is 64.1 Å². The number of carbonyl (C=O) groups is 2. The molecule has 2 amide bonds. The van der Waals surface area contributed by atoms with E-state index in [-0.39, 0.29) is 12.4 Å². The maximum Gasteiger partial charge on any atom is 0.279 e. The van der Waals surface area contributed by atoms with Crippen LogP contribution in [0.3, 0.4) is 0 Å². The van der Waals surface area contributed by atoms with Gasteiger partial charge in [-0.1, -0.05) is 29.4 Å². The molecule has 2 aromatic carbocycles. The molecule has 0 aliphatic heterocycles. The quantitative estimate of drug-likeness (QED) is 0.535. The standard InChI is InChI=1S/C16H14BrN3O4/c17-13-7-3-2-6-12(13)16(23)20-19-15(22)10-24-18-9-11-5-1-4-8-14(11)21/h1-9,21H,10H2,(H,19,22)(H,20,23). The maximum absolute atomic E-state index is 11.9. The topological polar surface area (TPSA) is 100 Å². The Balaban J connectivity index is 1.75. The molecule has 8 heteroatoms. The minimum Gasteiger partial charge on any atom is -0.507 e. The highest BCUT2D eigenvalue weighted by Crippen LogP contribution is 2.15. The van der Waals surface area contributed by atoms with Gasteiger partial charge in [0.05, 0.1) is 11.8 Å². The molecule has 0 atom stereocenters. The SMILES string of the molecule is O=C(CON=Cc1ccccc1O)NNC(=O)c1ccccc1Br. The third kappa shape index (κ3) is 5.10. The van der Waals surface area contributed by atoms with Crippen molar-refractivity contribution in [2.75, 3.05) is 6.61 Å². The molecule has 7 nitrogen and oxygen atoms in total. The zero-order valence-electron chi connectivity index (χ0n) is 12.4. The van der Waals surface area contributed by atoms with E-state index in [0.29, 0.717) is 15.6 Å². The number of carbonyl (C=O) groups excluding carboxylic acids is 2. The summed E-state index contributed by atoms with van der Waals surface area (Å²) in [5, 5.41) is 13.1. The van der Waals surface area contributed by atoms with Crippen LogP contribution in [0.2, 0.25) is 0 Å². The van der Waals surface area contributed by atoms with Crippen molar-refractivity contribution in [3.8, 4) is 5.75 Å². The molecule has 0 aliphatic carbocycles. The van der Waals surface area contributed by atoms with Crippen molar-refractivity contribution in [3.63, 3.8) is 0 Å². The van der Waals surface area contributed by atoms with Gasteiger partial charge < -0.3 is 9.94 Å². The van der Waals surface area contributed by atoms with Crippen LogP contribution in [0, 0.1) is 0 Å². The van der Waals surface area contributed by atoms with E-state index in [1.54, 1.807) is 42.5 Å². The molecule has 0 saturated heterocycles. The van der Waals surface area contributed by atoms with Crippen LogP contribution >= 0.6 is 15.9 Å². The van der Waals surface area contributed by atoms with Gasteiger partial charge in [-0.3, -0.25) is 20.4 Å². The molecule has 0 fully saturated rings. The van der Waals surface area contributed by atoms with Crippen LogP contribution in [0.15, 0.2) is 58.2 Å². The fraction of sp³-hybridized carbons (Fsp3) is 0.0625. The second kappa shape index (κ2) is 8.68. The van der Waals surface area contributed by atoms with Gasteiger partial charge in [0, 0.05) is 10.0 Å². The minimum absolute atomic E-state index is 0.0509. The summed E-state index contributed by atoms with van der Waals surface area (Å²) in [6.07, 6.45) is 1.28. The van der Waals surface area contributed by atoms with Gasteiger partial charge in [0.1, 0.15) is 5.75 Å². The fourth-order valence-electron chi connectivity index (χ4n) is 1.66. The average Bonchev–Trinajstić information content (AvgIpc) is 2.58. The number of benzene rings is 2. The normalized spacial score (nSPS) is 10.4. The molecule has 24 heavy (non-hydrogen) atoms. The number of rotatable bonds is 5. The van der Waals surface area contributed by atoms with E-state index in [0.717, 1.165) is 0 Å². The zero-order chi connectivity index (χ0) is 17.4. The number of para-hydroxylation sites is 1. The van der Waals surface area contributed by atoms with E-state index in [1.807, 2.05) is 0 Å². The van der Waals surface area contributed by atoms with Gasteiger partial charge in [0.2, 0.25) is 0 Å². The monoisotopic (exact) mass is 391 g/mol. The largest absolute Gasteiger partial charge is 0.507 e. The van der Waals surface area contributed by atoms with Crippen molar-refractivity contribution in [1.29, 1.82) is 0 Å². The van der Waals surface area contributed by atoms with Crippen molar-refractivity contribution in [2.24, 2.45) is 5.16 Å². The molecule has 2 aromatic rings. The van der Waals surface area contributed by atoms with Crippen molar-refractivity contribution in [1.82, 2.24) is 10.9 Å². The summed E-state index contributed by atoms with van der Waals surface area (Å²) in [7, 11) is 0. The molecular weight excluding hydrogens is 378 g/mol. The third-order valence-corrected chi connectivity index (χ3v) is 3.52.